The van der Waals surface area contributed by atoms with Gasteiger partial charge in [0.05, 0.1) is 0 Å². The van der Waals surface area contributed by atoms with Gasteiger partial charge in [0.15, 0.2) is 0 Å². The molecule has 1 unspecified atom stereocenters. The van der Waals surface area contributed by atoms with Crippen molar-refractivity contribution in [2.24, 2.45) is 5.73 Å². The fourth-order valence-corrected chi connectivity index (χ4v) is 1.56. The molecule has 1 aromatic carbocycles. The average Bonchev–Trinajstić information content (AvgIpc) is 2.37. The largest absolute Gasteiger partial charge is 0.347 e. The van der Waals surface area contributed by atoms with Gasteiger partial charge in [-0.3, -0.25) is 9.59 Å². The monoisotopic (exact) mass is 249 g/mol. The lowest BCUT2D eigenvalue weighted by molar-refractivity contribution is -0.134. The molecule has 0 aromatic heterocycles. The van der Waals surface area contributed by atoms with Crippen LogP contribution >= 0.6 is 0 Å². The molecule has 0 spiro atoms. The zero-order chi connectivity index (χ0) is 13.7. The number of carbonyl (C=O) groups excluding carboxylic acids is 2. The van der Waals surface area contributed by atoms with Crippen LogP contribution in [0.25, 0.3) is 0 Å². The van der Waals surface area contributed by atoms with Gasteiger partial charge in [-0.15, -0.1) is 0 Å². The van der Waals surface area contributed by atoms with Crippen LogP contribution in [0.15, 0.2) is 30.3 Å². The number of nitrogens with two attached hydrogens (primary N) is 1. The number of amides is 2. The van der Waals surface area contributed by atoms with Crippen LogP contribution in [0.4, 0.5) is 0 Å². The van der Waals surface area contributed by atoms with Gasteiger partial charge in [-0.1, -0.05) is 30.3 Å². The summed E-state index contributed by atoms with van der Waals surface area (Å²) in [5.74, 6) is -0.521. The van der Waals surface area contributed by atoms with Crippen molar-refractivity contribution in [2.75, 3.05) is 14.1 Å². The lowest BCUT2D eigenvalue weighted by Gasteiger charge is -2.20. The predicted octanol–water partition coefficient (Wildman–Crippen LogP) is 0.279. The molecule has 5 heteroatoms. The SMILES string of the molecule is CC(NC(=O)[C@H](N)c1ccccc1)C(=O)N(C)C. The number of nitrogens with zero attached hydrogens (tertiary/aromatic N) is 1. The van der Waals surface area contributed by atoms with Crippen molar-refractivity contribution in [3.05, 3.63) is 35.9 Å². The van der Waals surface area contributed by atoms with Crippen molar-refractivity contribution >= 4 is 11.8 Å². The standard InChI is InChI=1S/C13H19N3O2/c1-9(13(18)16(2)3)15-12(17)11(14)10-7-5-4-6-8-10/h4-9,11H,14H2,1-3H3,(H,15,17)/t9?,11-/m1/s1. The van der Waals surface area contributed by atoms with Gasteiger partial charge in [0.2, 0.25) is 11.8 Å². The molecule has 0 heterocycles. The minimum Gasteiger partial charge on any atom is -0.347 e. The van der Waals surface area contributed by atoms with Crippen LogP contribution in [0.3, 0.4) is 0 Å². The van der Waals surface area contributed by atoms with Crippen molar-refractivity contribution in [1.82, 2.24) is 10.2 Å². The molecule has 0 aliphatic carbocycles. The molecule has 2 atom stereocenters. The van der Waals surface area contributed by atoms with Gasteiger partial charge < -0.3 is 16.0 Å². The van der Waals surface area contributed by atoms with Crippen LogP contribution in [-0.4, -0.2) is 36.9 Å². The third-order valence-electron chi connectivity index (χ3n) is 2.61. The highest BCUT2D eigenvalue weighted by Gasteiger charge is 2.21. The minimum atomic E-state index is -0.761. The zero-order valence-electron chi connectivity index (χ0n) is 10.9. The van der Waals surface area contributed by atoms with E-state index in [-0.39, 0.29) is 11.8 Å². The molecule has 1 aromatic rings. The second-order valence-corrected chi connectivity index (χ2v) is 4.35. The van der Waals surface area contributed by atoms with E-state index in [1.165, 1.54) is 4.90 Å². The first-order valence-electron chi connectivity index (χ1n) is 5.75. The van der Waals surface area contributed by atoms with Gasteiger partial charge in [0.25, 0.3) is 0 Å². The van der Waals surface area contributed by atoms with Gasteiger partial charge in [0, 0.05) is 14.1 Å². The molecule has 0 saturated heterocycles. The highest BCUT2D eigenvalue weighted by molar-refractivity contribution is 5.89. The van der Waals surface area contributed by atoms with E-state index in [1.54, 1.807) is 33.2 Å². The molecule has 18 heavy (non-hydrogen) atoms. The van der Waals surface area contributed by atoms with E-state index >= 15 is 0 Å². The smallest absolute Gasteiger partial charge is 0.244 e. The third kappa shape index (κ3) is 3.56. The van der Waals surface area contributed by atoms with E-state index in [4.69, 9.17) is 5.73 Å². The molecule has 0 aliphatic heterocycles. The second kappa shape index (κ2) is 6.16. The van der Waals surface area contributed by atoms with Crippen LogP contribution in [0.2, 0.25) is 0 Å². The molecule has 0 radical (unpaired) electrons. The van der Waals surface area contributed by atoms with Gasteiger partial charge in [-0.05, 0) is 12.5 Å². The Bertz CT molecular complexity index is 418. The number of hydrogen-bond acceptors (Lipinski definition) is 3. The highest BCUT2D eigenvalue weighted by Crippen LogP contribution is 2.09. The van der Waals surface area contributed by atoms with Crippen molar-refractivity contribution in [3.8, 4) is 0 Å². The Hall–Kier alpha value is -1.88. The summed E-state index contributed by atoms with van der Waals surface area (Å²) in [5, 5.41) is 2.60. The van der Waals surface area contributed by atoms with Crippen molar-refractivity contribution < 1.29 is 9.59 Å². The van der Waals surface area contributed by atoms with Crippen LogP contribution in [0.1, 0.15) is 18.5 Å². The van der Waals surface area contributed by atoms with Crippen molar-refractivity contribution in [3.63, 3.8) is 0 Å². The molecular weight excluding hydrogens is 230 g/mol. The van der Waals surface area contributed by atoms with E-state index in [0.29, 0.717) is 0 Å². The number of benzene rings is 1. The predicted molar refractivity (Wildman–Crippen MR) is 69.7 cm³/mol. The third-order valence-corrected chi connectivity index (χ3v) is 2.61. The molecule has 3 N–H and O–H groups in total. The molecule has 0 bridgehead atoms. The van der Waals surface area contributed by atoms with Gasteiger partial charge in [-0.25, -0.2) is 0 Å². The van der Waals surface area contributed by atoms with Crippen LogP contribution in [0.5, 0.6) is 0 Å². The van der Waals surface area contributed by atoms with Crippen molar-refractivity contribution in [1.29, 1.82) is 0 Å². The lowest BCUT2D eigenvalue weighted by atomic mass is 10.1. The summed E-state index contributed by atoms with van der Waals surface area (Å²) in [4.78, 5) is 24.9. The minimum absolute atomic E-state index is 0.163. The fourth-order valence-electron chi connectivity index (χ4n) is 1.56. The topological polar surface area (TPSA) is 75.4 Å². The van der Waals surface area contributed by atoms with Gasteiger partial charge in [0.1, 0.15) is 12.1 Å². The Morgan fingerprint density at radius 2 is 1.78 bits per heavy atom. The molecule has 1 rings (SSSR count). The normalized spacial score (nSPS) is 13.6. The fraction of sp³-hybridized carbons (Fsp3) is 0.385. The molecular formula is C13H19N3O2. The van der Waals surface area contributed by atoms with E-state index in [1.807, 2.05) is 18.2 Å². The molecule has 2 amide bonds. The molecule has 0 saturated carbocycles. The summed E-state index contributed by atoms with van der Waals surface area (Å²) in [6, 6.07) is 7.71. The maximum Gasteiger partial charge on any atom is 0.244 e. The Kier molecular flexibility index (Phi) is 4.85. The van der Waals surface area contributed by atoms with E-state index in [0.717, 1.165) is 5.56 Å². The van der Waals surface area contributed by atoms with Gasteiger partial charge in [-0.2, -0.15) is 0 Å². The molecule has 0 aliphatic rings. The summed E-state index contributed by atoms with van der Waals surface area (Å²) in [6.45, 7) is 1.64. The summed E-state index contributed by atoms with van der Waals surface area (Å²) in [7, 11) is 3.28. The molecule has 5 nitrogen and oxygen atoms in total. The van der Waals surface area contributed by atoms with Crippen LogP contribution in [-0.2, 0) is 9.59 Å². The Morgan fingerprint density at radius 1 is 1.22 bits per heavy atom. The molecule has 0 fully saturated rings. The Balaban J connectivity index is 2.64. The number of rotatable bonds is 4. The first-order valence-corrected chi connectivity index (χ1v) is 5.75. The highest BCUT2D eigenvalue weighted by atomic mass is 16.2. The van der Waals surface area contributed by atoms with E-state index in [9.17, 15) is 9.59 Å². The first-order chi connectivity index (χ1) is 8.43. The number of hydrogen-bond donors (Lipinski definition) is 2. The maximum absolute atomic E-state index is 11.9. The van der Waals surface area contributed by atoms with E-state index in [2.05, 4.69) is 5.32 Å². The maximum atomic E-state index is 11.9. The zero-order valence-corrected chi connectivity index (χ0v) is 10.9. The van der Waals surface area contributed by atoms with Crippen LogP contribution < -0.4 is 11.1 Å². The summed E-state index contributed by atoms with van der Waals surface area (Å²) in [6.07, 6.45) is 0. The van der Waals surface area contributed by atoms with E-state index < -0.39 is 12.1 Å². The number of likely N-dealkylation sites (N-methyl/N-ethyl adjacent to an activating group) is 1. The Morgan fingerprint density at radius 3 is 2.28 bits per heavy atom. The second-order valence-electron chi connectivity index (χ2n) is 4.35. The average molecular weight is 249 g/mol. The summed E-state index contributed by atoms with van der Waals surface area (Å²) >= 11 is 0. The summed E-state index contributed by atoms with van der Waals surface area (Å²) < 4.78 is 0. The Labute approximate surface area is 107 Å². The number of carbonyl (C=O) groups is 2. The van der Waals surface area contributed by atoms with Gasteiger partial charge >= 0.3 is 0 Å². The van der Waals surface area contributed by atoms with Crippen LogP contribution in [0, 0.1) is 0 Å². The summed E-state index contributed by atoms with van der Waals surface area (Å²) in [5.41, 5.74) is 6.55. The number of nitrogens with one attached hydrogen (secondary N) is 1. The first kappa shape index (κ1) is 14.2. The quantitative estimate of drug-likeness (QED) is 0.804. The van der Waals surface area contributed by atoms with Crippen molar-refractivity contribution in [2.45, 2.75) is 19.0 Å². The molecule has 98 valence electrons. The lowest BCUT2D eigenvalue weighted by Crippen LogP contribution is -2.47.